The van der Waals surface area contributed by atoms with Crippen LogP contribution in [0, 0.1) is 0 Å². The highest BCUT2D eigenvalue weighted by Gasteiger charge is 2.24. The van der Waals surface area contributed by atoms with Gasteiger partial charge >= 0.3 is 0 Å². The van der Waals surface area contributed by atoms with Gasteiger partial charge in [0.25, 0.3) is 0 Å². The van der Waals surface area contributed by atoms with Gasteiger partial charge in [0, 0.05) is 30.2 Å². The Bertz CT molecular complexity index is 563. The number of nitrogens with zero attached hydrogens (tertiary/aromatic N) is 2. The Kier molecular flexibility index (Phi) is 4.73. The Morgan fingerprint density at radius 3 is 2.75 bits per heavy atom. The minimum absolute atomic E-state index is 0.0277. The van der Waals surface area contributed by atoms with Crippen LogP contribution in [-0.2, 0) is 6.54 Å². The van der Waals surface area contributed by atoms with Gasteiger partial charge in [-0.25, -0.2) is 0 Å². The molecule has 0 radical (unpaired) electrons. The van der Waals surface area contributed by atoms with Crippen LogP contribution >= 0.6 is 0 Å². The molecule has 1 heterocycles. The summed E-state index contributed by atoms with van der Waals surface area (Å²) in [6.07, 6.45) is 2.97. The molecule has 1 aromatic carbocycles. The van der Waals surface area contributed by atoms with Crippen molar-refractivity contribution in [1.82, 2.24) is 9.88 Å². The van der Waals surface area contributed by atoms with Gasteiger partial charge in [0.2, 0.25) is 0 Å². The molecular weight excluding hydrogens is 246 g/mol. The number of aromatic nitrogens is 1. The first-order chi connectivity index (χ1) is 9.56. The summed E-state index contributed by atoms with van der Waals surface area (Å²) in [5, 5.41) is 1.20. The lowest BCUT2D eigenvalue weighted by Crippen LogP contribution is -2.49. The van der Waals surface area contributed by atoms with Gasteiger partial charge in [0.1, 0.15) is 0 Å². The maximum absolute atomic E-state index is 5.93. The third kappa shape index (κ3) is 3.35. The highest BCUT2D eigenvalue weighted by atomic mass is 15.2. The normalized spacial score (nSPS) is 12.2. The van der Waals surface area contributed by atoms with Crippen molar-refractivity contribution < 1.29 is 0 Å². The summed E-state index contributed by atoms with van der Waals surface area (Å²) in [4.78, 5) is 6.83. The van der Waals surface area contributed by atoms with Crippen molar-refractivity contribution in [2.75, 3.05) is 13.1 Å². The second kappa shape index (κ2) is 6.33. The van der Waals surface area contributed by atoms with E-state index < -0.39 is 0 Å². The summed E-state index contributed by atoms with van der Waals surface area (Å²) in [6, 6.07) is 10.6. The molecule has 3 nitrogen and oxygen atoms in total. The molecule has 0 aliphatic heterocycles. The van der Waals surface area contributed by atoms with Crippen LogP contribution < -0.4 is 5.73 Å². The van der Waals surface area contributed by atoms with E-state index in [0.717, 1.165) is 25.0 Å². The number of hydrogen-bond donors (Lipinski definition) is 1. The van der Waals surface area contributed by atoms with Gasteiger partial charge in [-0.3, -0.25) is 9.88 Å². The van der Waals surface area contributed by atoms with Gasteiger partial charge in [-0.05, 0) is 50.6 Å². The quantitative estimate of drug-likeness (QED) is 0.877. The third-order valence-electron chi connectivity index (χ3n) is 3.89. The first-order valence-corrected chi connectivity index (χ1v) is 7.35. The molecule has 1 aromatic heterocycles. The van der Waals surface area contributed by atoms with Crippen LogP contribution in [0.2, 0.25) is 0 Å². The number of rotatable bonds is 6. The van der Waals surface area contributed by atoms with Crippen LogP contribution in [0.1, 0.15) is 32.8 Å². The molecule has 3 heteroatoms. The van der Waals surface area contributed by atoms with E-state index in [0.29, 0.717) is 6.54 Å². The minimum atomic E-state index is 0.0277. The Hall–Kier alpha value is -1.45. The fraction of sp³-hybridized carbons (Fsp3) is 0.471. The number of benzene rings is 1. The van der Waals surface area contributed by atoms with E-state index in [-0.39, 0.29) is 5.54 Å². The van der Waals surface area contributed by atoms with E-state index in [4.69, 9.17) is 5.73 Å². The smallest absolute Gasteiger partial charge is 0.0702 e. The minimum Gasteiger partial charge on any atom is -0.329 e. The number of nitrogens with two attached hydrogens (primary N) is 1. The average Bonchev–Trinajstić information content (AvgIpc) is 2.46. The molecule has 0 aliphatic carbocycles. The summed E-state index contributed by atoms with van der Waals surface area (Å²) in [7, 11) is 0. The molecule has 0 fully saturated rings. The molecule has 0 amide bonds. The molecule has 2 N–H and O–H groups in total. The maximum Gasteiger partial charge on any atom is 0.0702 e. The summed E-state index contributed by atoms with van der Waals surface area (Å²) >= 11 is 0. The van der Waals surface area contributed by atoms with E-state index in [1.807, 2.05) is 12.3 Å². The predicted molar refractivity (Wildman–Crippen MR) is 85.6 cm³/mol. The molecule has 0 unspecified atom stereocenters. The van der Waals surface area contributed by atoms with E-state index in [9.17, 15) is 0 Å². The zero-order valence-corrected chi connectivity index (χ0v) is 12.8. The van der Waals surface area contributed by atoms with Crippen LogP contribution in [0.3, 0.4) is 0 Å². The lowest BCUT2D eigenvalue weighted by atomic mass is 10.0. The van der Waals surface area contributed by atoms with E-state index in [1.165, 1.54) is 10.9 Å². The molecule has 0 aliphatic rings. The summed E-state index contributed by atoms with van der Waals surface area (Å²) in [5.74, 6) is 0. The molecule has 0 bridgehead atoms. The SMILES string of the molecule is CCCN(Cc1ccc2ncccc2c1)C(C)(C)CN. The van der Waals surface area contributed by atoms with Crippen molar-refractivity contribution in [3.8, 4) is 0 Å². The number of pyridine rings is 1. The van der Waals surface area contributed by atoms with E-state index in [2.05, 4.69) is 54.9 Å². The topological polar surface area (TPSA) is 42.2 Å². The van der Waals surface area contributed by atoms with Crippen molar-refractivity contribution in [1.29, 1.82) is 0 Å². The molecule has 0 saturated carbocycles. The van der Waals surface area contributed by atoms with Gasteiger partial charge < -0.3 is 5.73 Å². The number of hydrogen-bond acceptors (Lipinski definition) is 3. The molecule has 2 rings (SSSR count). The van der Waals surface area contributed by atoms with Gasteiger partial charge in [-0.1, -0.05) is 19.1 Å². The average molecular weight is 271 g/mol. The summed E-state index contributed by atoms with van der Waals surface area (Å²) in [6.45, 7) is 9.31. The zero-order valence-electron chi connectivity index (χ0n) is 12.8. The van der Waals surface area contributed by atoms with Crippen LogP contribution in [0.15, 0.2) is 36.5 Å². The molecule has 0 saturated heterocycles. The third-order valence-corrected chi connectivity index (χ3v) is 3.89. The van der Waals surface area contributed by atoms with Crippen molar-refractivity contribution in [3.63, 3.8) is 0 Å². The van der Waals surface area contributed by atoms with E-state index in [1.54, 1.807) is 0 Å². The van der Waals surface area contributed by atoms with Gasteiger partial charge in [-0.15, -0.1) is 0 Å². The second-order valence-corrected chi connectivity index (χ2v) is 5.97. The van der Waals surface area contributed by atoms with Gasteiger partial charge in [0.15, 0.2) is 0 Å². The monoisotopic (exact) mass is 271 g/mol. The summed E-state index contributed by atoms with van der Waals surface area (Å²) < 4.78 is 0. The maximum atomic E-state index is 5.93. The lowest BCUT2D eigenvalue weighted by Gasteiger charge is -2.37. The van der Waals surface area contributed by atoms with Crippen LogP contribution in [0.4, 0.5) is 0 Å². The Labute approximate surface area is 121 Å². The molecule has 108 valence electrons. The van der Waals surface area contributed by atoms with Crippen molar-refractivity contribution in [2.45, 2.75) is 39.3 Å². The Morgan fingerprint density at radius 2 is 2.05 bits per heavy atom. The number of fused-ring (bicyclic) bond motifs is 1. The first-order valence-electron chi connectivity index (χ1n) is 7.35. The predicted octanol–water partition coefficient (Wildman–Crippen LogP) is 3.18. The van der Waals surface area contributed by atoms with Gasteiger partial charge in [0.05, 0.1) is 5.52 Å². The second-order valence-electron chi connectivity index (χ2n) is 5.97. The first kappa shape index (κ1) is 14.9. The summed E-state index contributed by atoms with van der Waals surface area (Å²) in [5.41, 5.74) is 8.33. The molecule has 0 spiro atoms. The standard InChI is InChI=1S/C17H25N3/c1-4-10-20(17(2,3)13-18)12-14-7-8-16-15(11-14)6-5-9-19-16/h5-9,11H,4,10,12-13,18H2,1-3H3. The van der Waals surface area contributed by atoms with Crippen LogP contribution in [-0.4, -0.2) is 28.5 Å². The van der Waals surface area contributed by atoms with Crippen molar-refractivity contribution >= 4 is 10.9 Å². The molecule has 0 atom stereocenters. The fourth-order valence-electron chi connectivity index (χ4n) is 2.44. The zero-order chi connectivity index (χ0) is 14.6. The van der Waals surface area contributed by atoms with Crippen LogP contribution in [0.5, 0.6) is 0 Å². The fourth-order valence-corrected chi connectivity index (χ4v) is 2.44. The van der Waals surface area contributed by atoms with Crippen molar-refractivity contribution in [3.05, 3.63) is 42.1 Å². The highest BCUT2D eigenvalue weighted by Crippen LogP contribution is 2.20. The largest absolute Gasteiger partial charge is 0.329 e. The highest BCUT2D eigenvalue weighted by molar-refractivity contribution is 5.78. The Balaban J connectivity index is 2.24. The van der Waals surface area contributed by atoms with Crippen molar-refractivity contribution in [2.24, 2.45) is 5.73 Å². The van der Waals surface area contributed by atoms with E-state index >= 15 is 0 Å². The lowest BCUT2D eigenvalue weighted by molar-refractivity contribution is 0.118. The Morgan fingerprint density at radius 1 is 1.25 bits per heavy atom. The molecular formula is C17H25N3. The van der Waals surface area contributed by atoms with Crippen LogP contribution in [0.25, 0.3) is 10.9 Å². The molecule has 20 heavy (non-hydrogen) atoms. The van der Waals surface area contributed by atoms with Gasteiger partial charge in [-0.2, -0.15) is 0 Å². The molecule has 2 aromatic rings.